The molecule has 1 aliphatic heterocycles. The molecular weight excluding hydrogens is 214 g/mol. The van der Waals surface area contributed by atoms with Gasteiger partial charge in [-0.1, -0.05) is 13.8 Å². The van der Waals surface area contributed by atoms with Gasteiger partial charge in [0.2, 0.25) is 0 Å². The molecule has 1 aliphatic rings. The smallest absolute Gasteiger partial charge is 0.159 e. The van der Waals surface area contributed by atoms with Gasteiger partial charge in [-0.3, -0.25) is 0 Å². The van der Waals surface area contributed by atoms with Crippen molar-refractivity contribution in [2.24, 2.45) is 0 Å². The summed E-state index contributed by atoms with van der Waals surface area (Å²) in [6, 6.07) is 2.04. The molecule has 94 valence electrons. The van der Waals surface area contributed by atoms with Crippen LogP contribution < -0.4 is 5.32 Å². The highest BCUT2D eigenvalue weighted by Gasteiger charge is 2.21. The minimum Gasteiger partial charge on any atom is -0.370 e. The molecule has 2 heterocycles. The molecule has 4 heteroatoms. The zero-order valence-electron chi connectivity index (χ0n) is 10.7. The molecule has 1 unspecified atom stereocenters. The number of nitrogens with zero attached hydrogens (tertiary/aromatic N) is 2. The van der Waals surface area contributed by atoms with Gasteiger partial charge in [-0.25, -0.2) is 9.97 Å². The van der Waals surface area contributed by atoms with E-state index in [4.69, 9.17) is 4.74 Å². The van der Waals surface area contributed by atoms with Gasteiger partial charge in [-0.05, 0) is 25.7 Å². The molecule has 0 saturated carbocycles. The Morgan fingerprint density at radius 2 is 2.29 bits per heavy atom. The average molecular weight is 235 g/mol. The number of hydrogen-bond acceptors (Lipinski definition) is 4. The first-order valence-electron chi connectivity index (χ1n) is 6.56. The van der Waals surface area contributed by atoms with Crippen molar-refractivity contribution >= 4 is 5.82 Å². The number of aryl methyl sites for hydroxylation is 1. The van der Waals surface area contributed by atoms with Crippen LogP contribution in [-0.4, -0.2) is 23.1 Å². The van der Waals surface area contributed by atoms with E-state index in [0.29, 0.717) is 0 Å². The molecule has 1 aromatic heterocycles. The quantitative estimate of drug-likeness (QED) is 0.852. The van der Waals surface area contributed by atoms with Gasteiger partial charge in [0.1, 0.15) is 11.9 Å². The van der Waals surface area contributed by atoms with Crippen molar-refractivity contribution in [3.05, 3.63) is 17.6 Å². The van der Waals surface area contributed by atoms with Crippen LogP contribution in [0.15, 0.2) is 6.07 Å². The fraction of sp³-hybridized carbons (Fsp3) is 0.692. The van der Waals surface area contributed by atoms with Crippen LogP contribution in [0.4, 0.5) is 5.82 Å². The SMILES string of the molecule is CCCNc1cc(CC)nc(C2CCCO2)n1. The molecule has 1 aromatic rings. The van der Waals surface area contributed by atoms with E-state index in [1.165, 1.54) is 0 Å². The molecule has 0 bridgehead atoms. The number of nitrogens with one attached hydrogen (secondary N) is 1. The molecule has 2 rings (SSSR count). The Kier molecular flexibility index (Phi) is 4.31. The van der Waals surface area contributed by atoms with E-state index < -0.39 is 0 Å². The highest BCUT2D eigenvalue weighted by molar-refractivity contribution is 5.36. The Bertz CT molecular complexity index is 362. The summed E-state index contributed by atoms with van der Waals surface area (Å²) in [5.41, 5.74) is 1.09. The second-order valence-corrected chi connectivity index (χ2v) is 4.38. The largest absolute Gasteiger partial charge is 0.370 e. The van der Waals surface area contributed by atoms with Gasteiger partial charge < -0.3 is 10.1 Å². The normalized spacial score (nSPS) is 19.5. The summed E-state index contributed by atoms with van der Waals surface area (Å²) in [4.78, 5) is 9.12. The second kappa shape index (κ2) is 5.96. The Morgan fingerprint density at radius 3 is 2.94 bits per heavy atom. The lowest BCUT2D eigenvalue weighted by Gasteiger charge is -2.12. The summed E-state index contributed by atoms with van der Waals surface area (Å²) in [7, 11) is 0. The van der Waals surface area contributed by atoms with E-state index in [1.54, 1.807) is 0 Å². The molecule has 0 aliphatic carbocycles. The third kappa shape index (κ3) is 3.16. The third-order valence-corrected chi connectivity index (χ3v) is 2.93. The van der Waals surface area contributed by atoms with Gasteiger partial charge in [-0.2, -0.15) is 0 Å². The van der Waals surface area contributed by atoms with E-state index in [-0.39, 0.29) is 6.10 Å². The zero-order chi connectivity index (χ0) is 12.1. The molecule has 0 amide bonds. The maximum Gasteiger partial charge on any atom is 0.159 e. The van der Waals surface area contributed by atoms with Gasteiger partial charge in [0.15, 0.2) is 5.82 Å². The Hall–Kier alpha value is -1.16. The highest BCUT2D eigenvalue weighted by Crippen LogP contribution is 2.26. The van der Waals surface area contributed by atoms with Gasteiger partial charge in [0.25, 0.3) is 0 Å². The van der Waals surface area contributed by atoms with Crippen LogP contribution in [0.5, 0.6) is 0 Å². The van der Waals surface area contributed by atoms with Crippen molar-refractivity contribution in [2.45, 2.75) is 45.6 Å². The lowest BCUT2D eigenvalue weighted by Crippen LogP contribution is -2.10. The predicted molar refractivity (Wildman–Crippen MR) is 68.1 cm³/mol. The maximum atomic E-state index is 5.65. The van der Waals surface area contributed by atoms with Crippen LogP contribution in [0.3, 0.4) is 0 Å². The topological polar surface area (TPSA) is 47.0 Å². The second-order valence-electron chi connectivity index (χ2n) is 4.38. The summed E-state index contributed by atoms with van der Waals surface area (Å²) >= 11 is 0. The van der Waals surface area contributed by atoms with Crippen LogP contribution in [-0.2, 0) is 11.2 Å². The van der Waals surface area contributed by atoms with E-state index in [0.717, 1.165) is 56.2 Å². The molecule has 17 heavy (non-hydrogen) atoms. The number of anilines is 1. The van der Waals surface area contributed by atoms with Crippen LogP contribution in [0.25, 0.3) is 0 Å². The number of hydrogen-bond donors (Lipinski definition) is 1. The first-order chi connectivity index (χ1) is 8.33. The van der Waals surface area contributed by atoms with Gasteiger partial charge in [0.05, 0.1) is 0 Å². The first kappa shape index (κ1) is 12.3. The molecule has 1 fully saturated rings. The molecule has 1 atom stereocenters. The Morgan fingerprint density at radius 1 is 1.41 bits per heavy atom. The summed E-state index contributed by atoms with van der Waals surface area (Å²) in [6.45, 7) is 6.05. The van der Waals surface area contributed by atoms with Crippen molar-refractivity contribution in [2.75, 3.05) is 18.5 Å². The Labute approximate surface area is 103 Å². The summed E-state index contributed by atoms with van der Waals surface area (Å²) in [5.74, 6) is 1.78. The zero-order valence-corrected chi connectivity index (χ0v) is 10.7. The monoisotopic (exact) mass is 235 g/mol. The average Bonchev–Trinajstić information content (AvgIpc) is 2.89. The van der Waals surface area contributed by atoms with Crippen molar-refractivity contribution in [3.8, 4) is 0 Å². The van der Waals surface area contributed by atoms with Crippen LogP contribution in [0.1, 0.15) is 50.7 Å². The summed E-state index contributed by atoms with van der Waals surface area (Å²) < 4.78 is 5.65. The predicted octanol–water partition coefficient (Wildman–Crippen LogP) is 2.71. The minimum atomic E-state index is 0.101. The van der Waals surface area contributed by atoms with Gasteiger partial charge in [-0.15, -0.1) is 0 Å². The Balaban J connectivity index is 2.18. The summed E-state index contributed by atoms with van der Waals surface area (Å²) in [6.07, 6.45) is 4.29. The first-order valence-corrected chi connectivity index (χ1v) is 6.56. The molecule has 4 nitrogen and oxygen atoms in total. The lowest BCUT2D eigenvalue weighted by molar-refractivity contribution is 0.105. The van der Waals surface area contributed by atoms with E-state index in [2.05, 4.69) is 29.1 Å². The third-order valence-electron chi connectivity index (χ3n) is 2.93. The van der Waals surface area contributed by atoms with Gasteiger partial charge >= 0.3 is 0 Å². The minimum absolute atomic E-state index is 0.101. The number of rotatable bonds is 5. The molecule has 0 spiro atoms. The molecule has 0 aromatic carbocycles. The van der Waals surface area contributed by atoms with Crippen LogP contribution >= 0.6 is 0 Å². The van der Waals surface area contributed by atoms with Crippen LogP contribution in [0, 0.1) is 0 Å². The van der Waals surface area contributed by atoms with E-state index >= 15 is 0 Å². The lowest BCUT2D eigenvalue weighted by atomic mass is 10.2. The molecule has 1 saturated heterocycles. The van der Waals surface area contributed by atoms with Crippen molar-refractivity contribution in [1.29, 1.82) is 0 Å². The molecular formula is C13H21N3O. The number of ether oxygens (including phenoxy) is 1. The molecule has 1 N–H and O–H groups in total. The fourth-order valence-corrected chi connectivity index (χ4v) is 1.97. The van der Waals surface area contributed by atoms with Crippen molar-refractivity contribution in [1.82, 2.24) is 9.97 Å². The summed E-state index contributed by atoms with van der Waals surface area (Å²) in [5, 5.41) is 3.33. The van der Waals surface area contributed by atoms with Crippen LogP contribution in [0.2, 0.25) is 0 Å². The van der Waals surface area contributed by atoms with Gasteiger partial charge in [0, 0.05) is 24.9 Å². The van der Waals surface area contributed by atoms with Crippen molar-refractivity contribution < 1.29 is 4.74 Å². The number of aromatic nitrogens is 2. The van der Waals surface area contributed by atoms with Crippen molar-refractivity contribution in [3.63, 3.8) is 0 Å². The maximum absolute atomic E-state index is 5.65. The molecule has 0 radical (unpaired) electrons. The van der Waals surface area contributed by atoms with E-state index in [9.17, 15) is 0 Å². The van der Waals surface area contributed by atoms with E-state index in [1.807, 2.05) is 6.07 Å². The highest BCUT2D eigenvalue weighted by atomic mass is 16.5. The standard InChI is InChI=1S/C13H21N3O/c1-3-7-14-12-9-10(4-2)15-13(16-12)11-6-5-8-17-11/h9,11H,3-8H2,1-2H3,(H,14,15,16). The fourth-order valence-electron chi connectivity index (χ4n) is 1.97.